The van der Waals surface area contributed by atoms with Crippen LogP contribution in [0, 0.1) is 0 Å². The van der Waals surface area contributed by atoms with E-state index in [0.717, 1.165) is 12.8 Å². The molecule has 0 aliphatic rings. The molecule has 0 aliphatic carbocycles. The Morgan fingerprint density at radius 2 is 1.50 bits per heavy atom. The maximum absolute atomic E-state index is 5.25. The minimum absolute atomic E-state index is 0. The monoisotopic (exact) mass is 338 g/mol. The Bertz CT molecular complexity index is 134. The molecule has 0 saturated heterocycles. The Balaban J connectivity index is 0. The number of rotatable bonds is 6. The van der Waals surface area contributed by atoms with E-state index in [0.29, 0.717) is 13.2 Å². The SMILES string of the molecule is CCCOP(=S)(S)OCCC.[SbH3]. The van der Waals surface area contributed by atoms with Crippen LogP contribution in [0.1, 0.15) is 26.7 Å². The average molecular weight is 339 g/mol. The minimum atomic E-state index is -2.20. The summed E-state index contributed by atoms with van der Waals surface area (Å²) < 4.78 is 10.5. The Hall–Kier alpha value is 1.74. The van der Waals surface area contributed by atoms with Crippen molar-refractivity contribution in [3.05, 3.63) is 0 Å². The zero-order chi connectivity index (χ0) is 8.74. The molecule has 0 aliphatic heterocycles. The first-order valence-electron chi connectivity index (χ1n) is 3.74. The van der Waals surface area contributed by atoms with Crippen molar-refractivity contribution in [3.8, 4) is 0 Å². The van der Waals surface area contributed by atoms with Gasteiger partial charge in [0.15, 0.2) is 0 Å². The fourth-order valence-corrected chi connectivity index (χ4v) is 2.29. The summed E-state index contributed by atoms with van der Waals surface area (Å²) in [6, 6.07) is 0. The number of thiol groups is 1. The molecule has 0 aromatic carbocycles. The Morgan fingerprint density at radius 1 is 1.17 bits per heavy atom. The van der Waals surface area contributed by atoms with E-state index < -0.39 is 5.69 Å². The van der Waals surface area contributed by atoms with Crippen molar-refractivity contribution >= 4 is 54.2 Å². The van der Waals surface area contributed by atoms with E-state index in [1.807, 2.05) is 13.8 Å². The van der Waals surface area contributed by atoms with Gasteiger partial charge in [0.1, 0.15) is 0 Å². The summed E-state index contributed by atoms with van der Waals surface area (Å²) in [7, 11) is 0. The molecule has 0 N–H and O–H groups in total. The summed E-state index contributed by atoms with van der Waals surface area (Å²) in [5, 5.41) is 0. The van der Waals surface area contributed by atoms with E-state index in [2.05, 4.69) is 12.2 Å². The van der Waals surface area contributed by atoms with Crippen molar-refractivity contribution in [1.29, 1.82) is 0 Å². The van der Waals surface area contributed by atoms with E-state index in [9.17, 15) is 0 Å². The van der Waals surface area contributed by atoms with Crippen molar-refractivity contribution < 1.29 is 9.05 Å². The molecule has 0 rings (SSSR count). The summed E-state index contributed by atoms with van der Waals surface area (Å²) in [4.78, 5) is 0. The van der Waals surface area contributed by atoms with Crippen molar-refractivity contribution in [3.63, 3.8) is 0 Å². The normalized spacial score (nSPS) is 10.9. The molecule has 0 unspecified atom stereocenters. The summed E-state index contributed by atoms with van der Waals surface area (Å²) in [6.45, 7) is 5.35. The van der Waals surface area contributed by atoms with Crippen LogP contribution in [-0.2, 0) is 20.9 Å². The molecular weight excluding hydrogens is 321 g/mol. The molecule has 0 spiro atoms. The number of hydrogen-bond acceptors (Lipinski definition) is 3. The van der Waals surface area contributed by atoms with Crippen LogP contribution >= 0.6 is 17.9 Å². The topological polar surface area (TPSA) is 18.5 Å². The van der Waals surface area contributed by atoms with Gasteiger partial charge >= 0.3 is 24.4 Å². The standard InChI is InChI=1S/C6H15O2PS2.Sb.3H/c1-3-5-7-9(10,11)8-6-4-2;;;;/h3-6H2,1-2H3,(H,10,11);;;;. The zero-order valence-corrected chi connectivity index (χ0v) is 14.3. The molecule has 0 heterocycles. The molecule has 0 bridgehead atoms. The van der Waals surface area contributed by atoms with E-state index >= 15 is 0 Å². The molecular formula is C6H18O2PS2Sb. The molecule has 0 radical (unpaired) electrons. The second-order valence-corrected chi connectivity index (χ2v) is 7.42. The van der Waals surface area contributed by atoms with Crippen LogP contribution < -0.4 is 0 Å². The first kappa shape index (κ1) is 16.2. The third-order valence-corrected chi connectivity index (χ3v) is 3.26. The molecule has 0 aromatic heterocycles. The van der Waals surface area contributed by atoms with Crippen molar-refractivity contribution in [2.24, 2.45) is 0 Å². The van der Waals surface area contributed by atoms with E-state index in [1.54, 1.807) is 0 Å². The van der Waals surface area contributed by atoms with Crippen LogP contribution in [0.15, 0.2) is 0 Å². The van der Waals surface area contributed by atoms with Gasteiger partial charge in [-0.2, -0.15) is 0 Å². The first-order chi connectivity index (χ1) is 5.12. The van der Waals surface area contributed by atoms with Gasteiger partial charge in [0, 0.05) is 0 Å². The Labute approximate surface area is 103 Å². The van der Waals surface area contributed by atoms with Crippen LogP contribution in [0.2, 0.25) is 0 Å². The third kappa shape index (κ3) is 9.82. The third-order valence-electron chi connectivity index (χ3n) is 0.917. The van der Waals surface area contributed by atoms with Crippen LogP contribution in [0.4, 0.5) is 0 Å². The average Bonchev–Trinajstić information content (AvgIpc) is 1.97. The predicted octanol–water partition coefficient (Wildman–Crippen LogP) is 1.81. The number of hydrogen-bond donors (Lipinski definition) is 1. The van der Waals surface area contributed by atoms with Gasteiger partial charge in [0.25, 0.3) is 0 Å². The van der Waals surface area contributed by atoms with Crippen molar-refractivity contribution in [2.75, 3.05) is 13.2 Å². The molecule has 6 heteroatoms. The molecule has 0 aromatic rings. The molecule has 0 fully saturated rings. The van der Waals surface area contributed by atoms with Gasteiger partial charge in [0.05, 0.1) is 13.2 Å². The second-order valence-electron chi connectivity index (χ2n) is 2.14. The van der Waals surface area contributed by atoms with E-state index in [4.69, 9.17) is 20.9 Å². The molecule has 12 heavy (non-hydrogen) atoms. The van der Waals surface area contributed by atoms with Gasteiger partial charge in [-0.25, -0.2) is 0 Å². The van der Waals surface area contributed by atoms with Crippen LogP contribution in [0.3, 0.4) is 0 Å². The molecule has 2 nitrogen and oxygen atoms in total. The summed E-state index contributed by atoms with van der Waals surface area (Å²) in [5.41, 5.74) is -2.20. The molecule has 0 atom stereocenters. The predicted molar refractivity (Wildman–Crippen MR) is 65.7 cm³/mol. The molecule has 0 amide bonds. The summed E-state index contributed by atoms with van der Waals surface area (Å²) in [6.07, 6.45) is 1.91. The van der Waals surface area contributed by atoms with Crippen molar-refractivity contribution in [2.45, 2.75) is 26.7 Å². The summed E-state index contributed by atoms with van der Waals surface area (Å²) in [5.74, 6) is 0. The quantitative estimate of drug-likeness (QED) is 0.452. The van der Waals surface area contributed by atoms with Gasteiger partial charge in [-0.1, -0.05) is 26.1 Å². The van der Waals surface area contributed by atoms with Gasteiger partial charge in [0.2, 0.25) is 5.69 Å². The van der Waals surface area contributed by atoms with E-state index in [1.165, 1.54) is 0 Å². The van der Waals surface area contributed by atoms with Crippen LogP contribution in [0.25, 0.3) is 0 Å². The van der Waals surface area contributed by atoms with Gasteiger partial charge in [-0.3, -0.25) is 0 Å². The van der Waals surface area contributed by atoms with Gasteiger partial charge in [-0.05, 0) is 24.6 Å². The fourth-order valence-electron chi connectivity index (χ4n) is 0.451. The zero-order valence-electron chi connectivity index (χ0n) is 7.65. The van der Waals surface area contributed by atoms with Crippen LogP contribution in [0.5, 0.6) is 0 Å². The van der Waals surface area contributed by atoms with Gasteiger partial charge in [-0.15, -0.1) is 0 Å². The second kappa shape index (κ2) is 9.30. The molecule has 0 saturated carbocycles. The van der Waals surface area contributed by atoms with Crippen molar-refractivity contribution in [1.82, 2.24) is 0 Å². The Morgan fingerprint density at radius 3 is 1.75 bits per heavy atom. The van der Waals surface area contributed by atoms with Crippen LogP contribution in [-0.4, -0.2) is 37.6 Å². The Kier molecular flexibility index (Phi) is 12.5. The van der Waals surface area contributed by atoms with E-state index in [-0.39, 0.29) is 24.4 Å². The maximum atomic E-state index is 5.25. The molecule has 76 valence electrons. The fraction of sp³-hybridized carbons (Fsp3) is 1.00. The first-order valence-corrected chi connectivity index (χ1v) is 7.53. The van der Waals surface area contributed by atoms with Gasteiger partial charge < -0.3 is 9.05 Å². The summed E-state index contributed by atoms with van der Waals surface area (Å²) >= 11 is 9.14.